The van der Waals surface area contributed by atoms with Crippen LogP contribution in [0.5, 0.6) is 0 Å². The molecule has 2 aromatic rings. The van der Waals surface area contributed by atoms with Crippen LogP contribution in [-0.4, -0.2) is 22.2 Å². The molecule has 7 heteroatoms. The molecule has 19 heavy (non-hydrogen) atoms. The Morgan fingerprint density at radius 1 is 1.53 bits per heavy atom. The van der Waals surface area contributed by atoms with Crippen LogP contribution in [0, 0.1) is 0 Å². The van der Waals surface area contributed by atoms with E-state index in [4.69, 9.17) is 17.3 Å². The van der Waals surface area contributed by atoms with Crippen LogP contribution in [0.1, 0.15) is 10.4 Å². The Morgan fingerprint density at radius 3 is 2.95 bits per heavy atom. The van der Waals surface area contributed by atoms with Gasteiger partial charge < -0.3 is 11.1 Å². The van der Waals surface area contributed by atoms with Crippen LogP contribution in [0.15, 0.2) is 35.1 Å². The van der Waals surface area contributed by atoms with E-state index < -0.39 is 0 Å². The number of hydrogen-bond acceptors (Lipinski definition) is 3. The Balaban J connectivity index is 1.90. The molecule has 5 nitrogen and oxygen atoms in total. The highest BCUT2D eigenvalue weighted by Gasteiger charge is 2.09. The molecule has 0 radical (unpaired) electrons. The number of halogens is 2. The Hall–Kier alpha value is -1.53. The number of aromatic nitrogens is 2. The van der Waals surface area contributed by atoms with Crippen molar-refractivity contribution < 1.29 is 4.79 Å². The van der Waals surface area contributed by atoms with E-state index in [0.29, 0.717) is 29.4 Å². The standard InChI is InChI=1S/C12H12BrClN4O/c13-8-1-2-10(11(14)5-8)12(19)16-3-4-18-7-9(15)6-17-18/h1-2,5-7H,3-4,15H2,(H,16,19). The molecule has 0 spiro atoms. The first kappa shape index (κ1) is 13.9. The molecule has 0 fully saturated rings. The van der Waals surface area contributed by atoms with Gasteiger partial charge in [-0.3, -0.25) is 9.48 Å². The fraction of sp³-hybridized carbons (Fsp3) is 0.167. The predicted molar refractivity (Wildman–Crippen MR) is 78.1 cm³/mol. The molecule has 100 valence electrons. The highest BCUT2D eigenvalue weighted by atomic mass is 79.9. The van der Waals surface area contributed by atoms with Gasteiger partial charge in [-0.25, -0.2) is 0 Å². The van der Waals surface area contributed by atoms with Gasteiger partial charge in [0.15, 0.2) is 0 Å². The van der Waals surface area contributed by atoms with Crippen LogP contribution in [0.3, 0.4) is 0 Å². The second-order valence-electron chi connectivity index (χ2n) is 3.92. The molecule has 0 saturated heterocycles. The van der Waals surface area contributed by atoms with Gasteiger partial charge in [0.2, 0.25) is 0 Å². The molecule has 0 aliphatic carbocycles. The molecular weight excluding hydrogens is 332 g/mol. The monoisotopic (exact) mass is 342 g/mol. The number of nitrogens with one attached hydrogen (secondary N) is 1. The minimum absolute atomic E-state index is 0.211. The van der Waals surface area contributed by atoms with Crippen molar-refractivity contribution in [2.45, 2.75) is 6.54 Å². The van der Waals surface area contributed by atoms with Crippen LogP contribution in [0.2, 0.25) is 5.02 Å². The molecule has 2 rings (SSSR count). The fourth-order valence-corrected chi connectivity index (χ4v) is 2.31. The molecule has 3 N–H and O–H groups in total. The Bertz CT molecular complexity index is 599. The lowest BCUT2D eigenvalue weighted by atomic mass is 10.2. The molecule has 0 saturated carbocycles. The molecule has 1 amide bonds. The topological polar surface area (TPSA) is 72.9 Å². The SMILES string of the molecule is Nc1cnn(CCNC(=O)c2ccc(Br)cc2Cl)c1. The van der Waals surface area contributed by atoms with Gasteiger partial charge in [0.05, 0.1) is 29.0 Å². The lowest BCUT2D eigenvalue weighted by molar-refractivity contribution is 0.0952. The number of rotatable bonds is 4. The Labute approximate surface area is 123 Å². The molecular formula is C12H12BrClN4O. The number of benzene rings is 1. The van der Waals surface area contributed by atoms with Crippen molar-refractivity contribution in [3.63, 3.8) is 0 Å². The minimum atomic E-state index is -0.211. The van der Waals surface area contributed by atoms with E-state index >= 15 is 0 Å². The Kier molecular flexibility index (Phi) is 4.44. The molecule has 0 unspecified atom stereocenters. The summed E-state index contributed by atoms with van der Waals surface area (Å²) in [5.74, 6) is -0.211. The van der Waals surface area contributed by atoms with Crippen LogP contribution in [-0.2, 0) is 6.54 Å². The summed E-state index contributed by atoms with van der Waals surface area (Å²) in [5, 5.41) is 7.21. The second kappa shape index (κ2) is 6.08. The van der Waals surface area contributed by atoms with Crippen LogP contribution in [0.4, 0.5) is 5.69 Å². The lowest BCUT2D eigenvalue weighted by Crippen LogP contribution is -2.27. The number of nitrogens with two attached hydrogens (primary N) is 1. The zero-order valence-corrected chi connectivity index (χ0v) is 12.3. The maximum absolute atomic E-state index is 11.9. The smallest absolute Gasteiger partial charge is 0.252 e. The number of carbonyl (C=O) groups is 1. The zero-order chi connectivity index (χ0) is 13.8. The van der Waals surface area contributed by atoms with Gasteiger partial charge >= 0.3 is 0 Å². The molecule has 1 heterocycles. The number of nitrogens with zero attached hydrogens (tertiary/aromatic N) is 2. The number of amides is 1. The van der Waals surface area contributed by atoms with Gasteiger partial charge in [0.1, 0.15) is 0 Å². The van der Waals surface area contributed by atoms with Crippen molar-refractivity contribution in [1.29, 1.82) is 0 Å². The number of hydrogen-bond donors (Lipinski definition) is 2. The third kappa shape index (κ3) is 3.71. The van der Waals surface area contributed by atoms with Crippen molar-refractivity contribution in [2.24, 2.45) is 0 Å². The molecule has 0 bridgehead atoms. The maximum Gasteiger partial charge on any atom is 0.252 e. The highest BCUT2D eigenvalue weighted by Crippen LogP contribution is 2.21. The first-order valence-electron chi connectivity index (χ1n) is 5.57. The van der Waals surface area contributed by atoms with Crippen molar-refractivity contribution in [2.75, 3.05) is 12.3 Å². The van der Waals surface area contributed by atoms with E-state index in [-0.39, 0.29) is 5.91 Å². The molecule has 1 aromatic heterocycles. The van der Waals surface area contributed by atoms with Crippen LogP contribution >= 0.6 is 27.5 Å². The van der Waals surface area contributed by atoms with E-state index in [1.54, 1.807) is 35.3 Å². The van der Waals surface area contributed by atoms with E-state index in [2.05, 4.69) is 26.3 Å². The molecule has 0 atom stereocenters. The average molecular weight is 344 g/mol. The zero-order valence-electron chi connectivity index (χ0n) is 9.94. The molecule has 0 aliphatic heterocycles. The second-order valence-corrected chi connectivity index (χ2v) is 5.24. The number of anilines is 1. The summed E-state index contributed by atoms with van der Waals surface area (Å²) in [7, 11) is 0. The highest BCUT2D eigenvalue weighted by molar-refractivity contribution is 9.10. The van der Waals surface area contributed by atoms with Gasteiger partial charge in [-0.1, -0.05) is 27.5 Å². The van der Waals surface area contributed by atoms with Gasteiger partial charge in [-0.05, 0) is 18.2 Å². The Morgan fingerprint density at radius 2 is 2.32 bits per heavy atom. The summed E-state index contributed by atoms with van der Waals surface area (Å²) in [5.41, 5.74) is 6.59. The van der Waals surface area contributed by atoms with Crippen LogP contribution in [0.25, 0.3) is 0 Å². The largest absolute Gasteiger partial charge is 0.396 e. The van der Waals surface area contributed by atoms with Crippen molar-refractivity contribution in [1.82, 2.24) is 15.1 Å². The third-order valence-corrected chi connectivity index (χ3v) is 3.26. The van der Waals surface area contributed by atoms with Gasteiger partial charge in [-0.2, -0.15) is 5.10 Å². The van der Waals surface area contributed by atoms with Gasteiger partial charge in [-0.15, -0.1) is 0 Å². The van der Waals surface area contributed by atoms with Gasteiger partial charge in [0.25, 0.3) is 5.91 Å². The average Bonchev–Trinajstić information content (AvgIpc) is 2.75. The van der Waals surface area contributed by atoms with Crippen LogP contribution < -0.4 is 11.1 Å². The fourth-order valence-electron chi connectivity index (χ4n) is 1.55. The first-order valence-corrected chi connectivity index (χ1v) is 6.74. The van der Waals surface area contributed by atoms with E-state index in [1.807, 2.05) is 0 Å². The summed E-state index contributed by atoms with van der Waals surface area (Å²) >= 11 is 9.29. The predicted octanol–water partition coefficient (Wildman–Crippen LogP) is 2.31. The quantitative estimate of drug-likeness (QED) is 0.895. The lowest BCUT2D eigenvalue weighted by Gasteiger charge is -2.07. The normalized spacial score (nSPS) is 10.4. The van der Waals surface area contributed by atoms with E-state index in [0.717, 1.165) is 4.47 Å². The van der Waals surface area contributed by atoms with E-state index in [9.17, 15) is 4.79 Å². The number of carbonyl (C=O) groups excluding carboxylic acids is 1. The minimum Gasteiger partial charge on any atom is -0.396 e. The summed E-state index contributed by atoms with van der Waals surface area (Å²) in [6.45, 7) is 1.00. The summed E-state index contributed by atoms with van der Waals surface area (Å²) in [4.78, 5) is 11.9. The summed E-state index contributed by atoms with van der Waals surface area (Å²) < 4.78 is 2.50. The first-order chi connectivity index (χ1) is 9.06. The molecule has 0 aliphatic rings. The number of nitrogen functional groups attached to an aromatic ring is 1. The van der Waals surface area contributed by atoms with Crippen molar-refractivity contribution in [3.05, 3.63) is 45.7 Å². The maximum atomic E-state index is 11.9. The van der Waals surface area contributed by atoms with Gasteiger partial charge in [0, 0.05) is 17.2 Å². The van der Waals surface area contributed by atoms with E-state index in [1.165, 1.54) is 0 Å². The summed E-state index contributed by atoms with van der Waals surface area (Å²) in [6.07, 6.45) is 3.27. The van der Waals surface area contributed by atoms with Crippen molar-refractivity contribution >= 4 is 39.1 Å². The van der Waals surface area contributed by atoms with Crippen molar-refractivity contribution in [3.8, 4) is 0 Å². The summed E-state index contributed by atoms with van der Waals surface area (Å²) in [6, 6.07) is 5.13. The third-order valence-electron chi connectivity index (χ3n) is 2.46. The molecule has 1 aromatic carbocycles.